The third-order valence-electron chi connectivity index (χ3n) is 4.53. The summed E-state index contributed by atoms with van der Waals surface area (Å²) in [5.41, 5.74) is 0. The number of hydrogen-bond donors (Lipinski definition) is 2. The van der Waals surface area contributed by atoms with Gasteiger partial charge in [0.15, 0.2) is 5.96 Å². The molecular weight excluding hydrogens is 449 g/mol. The van der Waals surface area contributed by atoms with E-state index in [0.29, 0.717) is 19.1 Å². The lowest BCUT2D eigenvalue weighted by atomic mass is 10.0. The molecule has 7 nitrogen and oxygen atoms in total. The van der Waals surface area contributed by atoms with Crippen molar-refractivity contribution in [3.8, 4) is 0 Å². The van der Waals surface area contributed by atoms with Gasteiger partial charge < -0.3 is 29.6 Å². The van der Waals surface area contributed by atoms with Crippen molar-refractivity contribution in [3.05, 3.63) is 0 Å². The van der Waals surface area contributed by atoms with Crippen LogP contribution in [0.4, 0.5) is 0 Å². The molecule has 0 aliphatic carbocycles. The zero-order chi connectivity index (χ0) is 17.7. The van der Waals surface area contributed by atoms with E-state index in [-0.39, 0.29) is 36.1 Å². The van der Waals surface area contributed by atoms with E-state index >= 15 is 0 Å². The summed E-state index contributed by atoms with van der Waals surface area (Å²) in [6.07, 6.45) is 4.46. The van der Waals surface area contributed by atoms with Gasteiger partial charge in [0.1, 0.15) is 0 Å². The van der Waals surface area contributed by atoms with Gasteiger partial charge >= 0.3 is 0 Å². The van der Waals surface area contributed by atoms with Crippen molar-refractivity contribution in [1.82, 2.24) is 10.6 Å². The Hall–Kier alpha value is -0.160. The van der Waals surface area contributed by atoms with Crippen molar-refractivity contribution in [2.75, 3.05) is 59.8 Å². The fraction of sp³-hybridized carbons (Fsp3) is 0.944. The molecule has 0 amide bonds. The first-order chi connectivity index (χ1) is 12.3. The number of guanidine groups is 1. The Morgan fingerprint density at radius 3 is 2.65 bits per heavy atom. The molecule has 0 aromatic heterocycles. The van der Waals surface area contributed by atoms with E-state index in [4.69, 9.17) is 18.9 Å². The smallest absolute Gasteiger partial charge is 0.191 e. The SMILES string of the molecule is CN=C(NCCCOCC1CCOCC1)NC(C)COC1CCOC1.I. The summed E-state index contributed by atoms with van der Waals surface area (Å²) in [5.74, 6) is 1.48. The second-order valence-electron chi connectivity index (χ2n) is 6.85. The normalized spacial score (nSPS) is 22.7. The molecule has 0 radical (unpaired) electrons. The van der Waals surface area contributed by atoms with Crippen molar-refractivity contribution >= 4 is 29.9 Å². The first kappa shape index (κ1) is 23.9. The second-order valence-corrected chi connectivity index (χ2v) is 6.85. The first-order valence-electron chi connectivity index (χ1n) is 9.60. The maximum absolute atomic E-state index is 5.83. The number of hydrogen-bond acceptors (Lipinski definition) is 5. The highest BCUT2D eigenvalue weighted by Crippen LogP contribution is 2.14. The third-order valence-corrected chi connectivity index (χ3v) is 4.53. The van der Waals surface area contributed by atoms with E-state index in [1.807, 2.05) is 0 Å². The van der Waals surface area contributed by atoms with Crippen molar-refractivity contribution in [3.63, 3.8) is 0 Å². The Kier molecular flexibility index (Phi) is 13.6. The zero-order valence-corrected chi connectivity index (χ0v) is 18.5. The largest absolute Gasteiger partial charge is 0.381 e. The van der Waals surface area contributed by atoms with Gasteiger partial charge in [0.25, 0.3) is 0 Å². The third kappa shape index (κ3) is 10.2. The summed E-state index contributed by atoms with van der Waals surface area (Å²) in [5, 5.41) is 6.68. The van der Waals surface area contributed by atoms with Crippen LogP contribution >= 0.6 is 24.0 Å². The molecule has 2 atom stereocenters. The highest BCUT2D eigenvalue weighted by molar-refractivity contribution is 14.0. The Morgan fingerprint density at radius 1 is 1.19 bits per heavy atom. The average molecular weight is 485 g/mol. The van der Waals surface area contributed by atoms with Gasteiger partial charge in [0.2, 0.25) is 0 Å². The van der Waals surface area contributed by atoms with Crippen molar-refractivity contribution in [1.29, 1.82) is 0 Å². The monoisotopic (exact) mass is 485 g/mol. The van der Waals surface area contributed by atoms with Gasteiger partial charge in [-0.15, -0.1) is 24.0 Å². The Balaban J connectivity index is 0.00000338. The van der Waals surface area contributed by atoms with E-state index in [1.54, 1.807) is 7.05 Å². The van der Waals surface area contributed by atoms with Crippen LogP contribution < -0.4 is 10.6 Å². The average Bonchev–Trinajstić information content (AvgIpc) is 3.16. The minimum Gasteiger partial charge on any atom is -0.381 e. The van der Waals surface area contributed by atoms with E-state index in [9.17, 15) is 0 Å². The molecule has 2 rings (SSSR count). The standard InChI is InChI=1S/C18H35N3O4.HI/c1-15(12-25-17-6-11-24-14-17)21-18(19-2)20-7-3-8-23-13-16-4-9-22-10-5-16;/h15-17H,3-14H2,1-2H3,(H2,19,20,21);1H. The van der Waals surface area contributed by atoms with Crippen LogP contribution in [0.25, 0.3) is 0 Å². The summed E-state index contributed by atoms with van der Waals surface area (Å²) >= 11 is 0. The molecule has 2 saturated heterocycles. The molecule has 2 heterocycles. The van der Waals surface area contributed by atoms with E-state index < -0.39 is 0 Å². The van der Waals surface area contributed by atoms with Crippen LogP contribution in [0.2, 0.25) is 0 Å². The molecule has 2 unspecified atom stereocenters. The number of rotatable bonds is 10. The van der Waals surface area contributed by atoms with Crippen LogP contribution in [0.5, 0.6) is 0 Å². The summed E-state index contributed by atoms with van der Waals surface area (Å²) in [6, 6.07) is 0.205. The first-order valence-corrected chi connectivity index (χ1v) is 9.60. The molecule has 0 aromatic carbocycles. The van der Waals surface area contributed by atoms with Gasteiger partial charge in [-0.25, -0.2) is 0 Å². The van der Waals surface area contributed by atoms with Crippen LogP contribution in [0.3, 0.4) is 0 Å². The minimum absolute atomic E-state index is 0. The number of halogens is 1. The van der Waals surface area contributed by atoms with Gasteiger partial charge in [0, 0.05) is 52.7 Å². The lowest BCUT2D eigenvalue weighted by Crippen LogP contribution is -2.44. The highest BCUT2D eigenvalue weighted by atomic mass is 127. The van der Waals surface area contributed by atoms with E-state index in [0.717, 1.165) is 71.2 Å². The van der Waals surface area contributed by atoms with Crippen LogP contribution in [-0.2, 0) is 18.9 Å². The second kappa shape index (κ2) is 14.8. The topological polar surface area (TPSA) is 73.3 Å². The lowest BCUT2D eigenvalue weighted by Gasteiger charge is -2.22. The van der Waals surface area contributed by atoms with Crippen LogP contribution in [0.1, 0.15) is 32.6 Å². The minimum atomic E-state index is 0. The Morgan fingerprint density at radius 2 is 1.96 bits per heavy atom. The molecule has 2 aliphatic heterocycles. The van der Waals surface area contributed by atoms with Crippen LogP contribution in [0, 0.1) is 5.92 Å². The molecule has 2 N–H and O–H groups in total. The summed E-state index contributed by atoms with van der Waals surface area (Å²) in [4.78, 5) is 4.26. The molecule has 0 bridgehead atoms. The number of nitrogens with zero attached hydrogens (tertiary/aromatic N) is 1. The summed E-state index contributed by atoms with van der Waals surface area (Å²) in [6.45, 7) is 8.53. The molecule has 26 heavy (non-hydrogen) atoms. The van der Waals surface area contributed by atoms with Crippen molar-refractivity contribution < 1.29 is 18.9 Å². The van der Waals surface area contributed by atoms with Gasteiger partial charge in [-0.05, 0) is 38.5 Å². The number of aliphatic imine (C=N–C) groups is 1. The summed E-state index contributed by atoms with van der Waals surface area (Å²) < 4.78 is 22.3. The molecule has 154 valence electrons. The van der Waals surface area contributed by atoms with E-state index in [1.165, 1.54) is 0 Å². The predicted octanol–water partition coefficient (Wildman–Crippen LogP) is 1.80. The van der Waals surface area contributed by atoms with Gasteiger partial charge in [-0.2, -0.15) is 0 Å². The highest BCUT2D eigenvalue weighted by Gasteiger charge is 2.17. The molecule has 0 saturated carbocycles. The van der Waals surface area contributed by atoms with Crippen molar-refractivity contribution in [2.45, 2.75) is 44.8 Å². The number of nitrogens with one attached hydrogen (secondary N) is 2. The summed E-state index contributed by atoms with van der Waals surface area (Å²) in [7, 11) is 1.79. The Bertz CT molecular complexity index is 375. The van der Waals surface area contributed by atoms with Gasteiger partial charge in [-0.3, -0.25) is 4.99 Å². The molecular formula is C18H36IN3O4. The van der Waals surface area contributed by atoms with Gasteiger partial charge in [-0.1, -0.05) is 0 Å². The maximum atomic E-state index is 5.83. The fourth-order valence-electron chi connectivity index (χ4n) is 2.94. The molecule has 2 fully saturated rings. The molecule has 0 aromatic rings. The molecule has 2 aliphatic rings. The molecule has 8 heteroatoms. The van der Waals surface area contributed by atoms with Crippen molar-refractivity contribution in [2.24, 2.45) is 10.9 Å². The lowest BCUT2D eigenvalue weighted by molar-refractivity contribution is 0.0203. The predicted molar refractivity (Wildman–Crippen MR) is 114 cm³/mol. The maximum Gasteiger partial charge on any atom is 0.191 e. The Labute approximate surface area is 175 Å². The fourth-order valence-corrected chi connectivity index (χ4v) is 2.94. The van der Waals surface area contributed by atoms with E-state index in [2.05, 4.69) is 22.5 Å². The van der Waals surface area contributed by atoms with Crippen LogP contribution in [0.15, 0.2) is 4.99 Å². The van der Waals surface area contributed by atoms with Crippen LogP contribution in [-0.4, -0.2) is 77.9 Å². The number of ether oxygens (including phenoxy) is 4. The van der Waals surface area contributed by atoms with Gasteiger partial charge in [0.05, 0.1) is 19.3 Å². The quantitative estimate of drug-likeness (QED) is 0.213. The zero-order valence-electron chi connectivity index (χ0n) is 16.2. The molecule has 0 spiro atoms.